The lowest BCUT2D eigenvalue weighted by molar-refractivity contribution is -0.197. The normalized spacial score (nSPS) is 21.6. The van der Waals surface area contributed by atoms with Crippen molar-refractivity contribution in [3.63, 3.8) is 0 Å². The third-order valence-corrected chi connectivity index (χ3v) is 8.43. The fraction of sp³-hybridized carbons (Fsp3) is 0.382. The molecule has 7 rings (SSSR count). The van der Waals surface area contributed by atoms with Crippen LogP contribution in [0, 0.1) is 0 Å². The highest BCUT2D eigenvalue weighted by molar-refractivity contribution is 5.85. The van der Waals surface area contributed by atoms with Gasteiger partial charge in [0.15, 0.2) is 35.1 Å². The molecule has 5 aromatic rings. The van der Waals surface area contributed by atoms with E-state index in [0.29, 0.717) is 49.0 Å². The number of hydrogen-bond acceptors (Lipinski definition) is 10. The molecule has 4 atom stereocenters. The van der Waals surface area contributed by atoms with Gasteiger partial charge in [-0.1, -0.05) is 60.7 Å². The van der Waals surface area contributed by atoms with Crippen molar-refractivity contribution in [2.24, 2.45) is 0 Å². The van der Waals surface area contributed by atoms with E-state index in [1.807, 2.05) is 43.7 Å². The first-order valence-corrected chi connectivity index (χ1v) is 16.0. The highest BCUT2D eigenvalue weighted by atomic mass is 16.8. The Kier molecular flexibility index (Phi) is 8.58. The lowest BCUT2D eigenvalue weighted by Crippen LogP contribution is -2.42. The van der Waals surface area contributed by atoms with Gasteiger partial charge in [0, 0.05) is 38.2 Å². The summed E-state index contributed by atoms with van der Waals surface area (Å²) in [4.78, 5) is 34.9. The van der Waals surface area contributed by atoms with Crippen LogP contribution in [-0.2, 0) is 25.4 Å². The van der Waals surface area contributed by atoms with Crippen molar-refractivity contribution in [2.75, 3.05) is 30.3 Å². The van der Waals surface area contributed by atoms with Crippen molar-refractivity contribution >= 4 is 28.8 Å². The second kappa shape index (κ2) is 13.1. The minimum Gasteiger partial charge on any atom is -0.367 e. The van der Waals surface area contributed by atoms with Gasteiger partial charge >= 0.3 is 0 Å². The number of H-pyrrole nitrogens is 1. The summed E-state index contributed by atoms with van der Waals surface area (Å²) < 4.78 is 20.6. The van der Waals surface area contributed by atoms with Crippen LogP contribution in [0.4, 0.5) is 11.8 Å². The summed E-state index contributed by atoms with van der Waals surface area (Å²) in [5.41, 5.74) is 4.40. The van der Waals surface area contributed by atoms with Crippen molar-refractivity contribution in [1.82, 2.24) is 34.8 Å². The molecule has 0 unspecified atom stereocenters. The lowest BCUT2D eigenvalue weighted by Gasteiger charge is -2.24. The van der Waals surface area contributed by atoms with E-state index in [4.69, 9.17) is 29.2 Å². The van der Waals surface area contributed by atoms with Crippen molar-refractivity contribution in [1.29, 1.82) is 0 Å². The molecule has 0 spiro atoms. The topological polar surface area (TPSA) is 153 Å². The minimum absolute atomic E-state index is 0.0589. The van der Waals surface area contributed by atoms with Gasteiger partial charge in [0.2, 0.25) is 5.95 Å². The molecule has 4 N–H and O–H groups in total. The maximum atomic E-state index is 13.0. The molecule has 244 valence electrons. The predicted molar refractivity (Wildman–Crippen MR) is 176 cm³/mol. The third-order valence-electron chi connectivity index (χ3n) is 8.43. The summed E-state index contributed by atoms with van der Waals surface area (Å²) in [6, 6.07) is 20.8. The molecule has 2 aliphatic rings. The number of nitrogens with zero attached hydrogens (tertiary/aromatic N) is 5. The predicted octanol–water partition coefficient (Wildman–Crippen LogP) is 4.00. The van der Waals surface area contributed by atoms with Crippen LogP contribution in [0.1, 0.15) is 49.7 Å². The Labute approximate surface area is 272 Å². The SMILES string of the molecule is CCNC(=O)[C@H]1O[C@@H](n2cnc3c(NCC(c4ccccc4)c4ccccc4)nc(NCCc4c[nH]cn4)nc32)[C@@H]2OC(C)(C)O[C@@H]21. The van der Waals surface area contributed by atoms with Gasteiger partial charge in [-0.2, -0.15) is 9.97 Å². The smallest absolute Gasteiger partial charge is 0.252 e. The first kappa shape index (κ1) is 30.8. The number of fused-ring (bicyclic) bond motifs is 2. The second-order valence-corrected chi connectivity index (χ2v) is 12.1. The number of benzene rings is 2. The number of hydrogen-bond donors (Lipinski definition) is 4. The average molecular weight is 638 g/mol. The Bertz CT molecular complexity index is 1760. The van der Waals surface area contributed by atoms with Gasteiger partial charge in [-0.25, -0.2) is 9.97 Å². The molecule has 0 bridgehead atoms. The summed E-state index contributed by atoms with van der Waals surface area (Å²) in [6.45, 7) is 7.15. The van der Waals surface area contributed by atoms with Crippen LogP contribution >= 0.6 is 0 Å². The number of carbonyl (C=O) groups excluding carboxylic acids is 1. The molecule has 0 aliphatic carbocycles. The molecule has 3 aromatic heterocycles. The van der Waals surface area contributed by atoms with Crippen molar-refractivity contribution in [3.05, 3.63) is 96.3 Å². The van der Waals surface area contributed by atoms with Crippen molar-refractivity contribution in [2.45, 2.75) is 63.4 Å². The number of imidazole rings is 2. The number of amides is 1. The van der Waals surface area contributed by atoms with E-state index in [9.17, 15) is 4.79 Å². The van der Waals surface area contributed by atoms with Crippen LogP contribution < -0.4 is 16.0 Å². The van der Waals surface area contributed by atoms with Crippen LogP contribution in [0.2, 0.25) is 0 Å². The number of aromatic amines is 1. The van der Waals surface area contributed by atoms with Gasteiger partial charge in [-0.05, 0) is 31.9 Å². The monoisotopic (exact) mass is 637 g/mol. The number of likely N-dealkylation sites (N-methyl/N-ethyl adjacent to an activating group) is 1. The fourth-order valence-electron chi connectivity index (χ4n) is 6.32. The molecule has 2 saturated heterocycles. The van der Waals surface area contributed by atoms with Crippen molar-refractivity contribution in [3.8, 4) is 0 Å². The highest BCUT2D eigenvalue weighted by Crippen LogP contribution is 2.44. The first-order valence-electron chi connectivity index (χ1n) is 16.0. The van der Waals surface area contributed by atoms with E-state index >= 15 is 0 Å². The maximum Gasteiger partial charge on any atom is 0.252 e. The first-order chi connectivity index (χ1) is 22.9. The average Bonchev–Trinajstić information content (AvgIpc) is 3.87. The van der Waals surface area contributed by atoms with E-state index in [0.717, 1.165) is 5.69 Å². The number of anilines is 2. The Balaban J connectivity index is 1.23. The largest absolute Gasteiger partial charge is 0.367 e. The van der Waals surface area contributed by atoms with Gasteiger partial charge < -0.3 is 35.1 Å². The summed E-state index contributed by atoms with van der Waals surface area (Å²) >= 11 is 0. The highest BCUT2D eigenvalue weighted by Gasteiger charge is 2.58. The van der Waals surface area contributed by atoms with E-state index in [1.54, 1.807) is 12.7 Å². The molecule has 0 saturated carbocycles. The molecular weight excluding hydrogens is 598 g/mol. The number of ether oxygens (including phenoxy) is 3. The Morgan fingerprint density at radius 2 is 1.70 bits per heavy atom. The zero-order valence-corrected chi connectivity index (χ0v) is 26.6. The Morgan fingerprint density at radius 3 is 2.38 bits per heavy atom. The molecule has 13 nitrogen and oxygen atoms in total. The molecule has 13 heteroatoms. The molecule has 0 radical (unpaired) electrons. The number of rotatable bonds is 12. The third kappa shape index (κ3) is 6.42. The zero-order valence-electron chi connectivity index (χ0n) is 26.6. The molecule has 2 fully saturated rings. The number of nitrogens with one attached hydrogen (secondary N) is 4. The summed E-state index contributed by atoms with van der Waals surface area (Å²) in [6.07, 6.45) is 3.16. The van der Waals surface area contributed by atoms with Crippen LogP contribution in [0.5, 0.6) is 0 Å². The van der Waals surface area contributed by atoms with Crippen LogP contribution in [-0.4, -0.2) is 79.1 Å². The molecule has 2 aromatic carbocycles. The fourth-order valence-corrected chi connectivity index (χ4v) is 6.32. The molecule has 47 heavy (non-hydrogen) atoms. The maximum absolute atomic E-state index is 13.0. The number of carbonyl (C=O) groups is 1. The quantitative estimate of drug-likeness (QED) is 0.158. The van der Waals surface area contributed by atoms with Crippen molar-refractivity contribution < 1.29 is 19.0 Å². The van der Waals surface area contributed by atoms with Gasteiger partial charge in [0.1, 0.15) is 12.2 Å². The van der Waals surface area contributed by atoms with Gasteiger partial charge in [0.25, 0.3) is 5.91 Å². The van der Waals surface area contributed by atoms with Gasteiger partial charge in [-0.3, -0.25) is 9.36 Å². The van der Waals surface area contributed by atoms with Crippen LogP contribution in [0.15, 0.2) is 79.5 Å². The Hall–Kier alpha value is -4.85. The number of aromatic nitrogens is 6. The van der Waals surface area contributed by atoms with Gasteiger partial charge in [-0.15, -0.1) is 0 Å². The van der Waals surface area contributed by atoms with E-state index in [2.05, 4.69) is 74.4 Å². The van der Waals surface area contributed by atoms with E-state index < -0.39 is 30.3 Å². The summed E-state index contributed by atoms with van der Waals surface area (Å²) in [5.74, 6) is -0.0770. The van der Waals surface area contributed by atoms with E-state index in [1.165, 1.54) is 11.1 Å². The Morgan fingerprint density at radius 1 is 0.979 bits per heavy atom. The minimum atomic E-state index is -0.886. The van der Waals surface area contributed by atoms with Gasteiger partial charge in [0.05, 0.1) is 18.3 Å². The van der Waals surface area contributed by atoms with Crippen LogP contribution in [0.3, 0.4) is 0 Å². The van der Waals surface area contributed by atoms with E-state index in [-0.39, 0.29) is 11.8 Å². The molecular formula is C34H39N9O4. The summed E-state index contributed by atoms with van der Waals surface area (Å²) in [7, 11) is 0. The molecule has 1 amide bonds. The summed E-state index contributed by atoms with van der Waals surface area (Å²) in [5, 5.41) is 9.81. The lowest BCUT2D eigenvalue weighted by atomic mass is 9.91. The molecule has 2 aliphatic heterocycles. The standard InChI is InChI=1S/C34H39N9O4/c1-4-36-31(44)27-26-28(47-34(2,3)46-26)32(45-27)43-20-40-25-29(41-33(42-30(25)43)37-16-15-23-17-35-19-39-23)38-18-24(21-11-7-5-8-12-21)22-13-9-6-10-14-22/h5-14,17,19-20,24,26-28,32H,4,15-16,18H2,1-3H3,(H,35,39)(H,36,44)(H2,37,38,41,42)/t26-,27+,28-,32-/m1/s1. The van der Waals surface area contributed by atoms with Crippen LogP contribution in [0.25, 0.3) is 11.2 Å². The molecule has 5 heterocycles. The second-order valence-electron chi connectivity index (χ2n) is 12.1. The zero-order chi connectivity index (χ0) is 32.4.